The molecule has 0 fully saturated rings. The lowest BCUT2D eigenvalue weighted by molar-refractivity contribution is -0.145. The summed E-state index contributed by atoms with van der Waals surface area (Å²) >= 11 is 0. The van der Waals surface area contributed by atoms with Gasteiger partial charge in [0.1, 0.15) is 11.9 Å². The van der Waals surface area contributed by atoms with Gasteiger partial charge < -0.3 is 9.26 Å². The molecule has 0 aliphatic heterocycles. The third-order valence-corrected chi connectivity index (χ3v) is 1.35. The Morgan fingerprint density at radius 3 is 3.08 bits per heavy atom. The molecular formula is C8H11NO3. The molecule has 0 N–H and O–H groups in total. The number of rotatable bonds is 3. The van der Waals surface area contributed by atoms with Crippen molar-refractivity contribution in [3.05, 3.63) is 18.0 Å². The maximum absolute atomic E-state index is 10.5. The van der Waals surface area contributed by atoms with E-state index in [1.165, 1.54) is 6.92 Å². The number of nitrogens with zero attached hydrogens (tertiary/aromatic N) is 1. The monoisotopic (exact) mass is 169 g/mol. The predicted molar refractivity (Wildman–Crippen MR) is 41.4 cm³/mol. The highest BCUT2D eigenvalue weighted by Crippen LogP contribution is 2.04. The van der Waals surface area contributed by atoms with Crippen LogP contribution in [0.15, 0.2) is 16.8 Å². The molecule has 1 aromatic heterocycles. The van der Waals surface area contributed by atoms with Crippen molar-refractivity contribution in [2.24, 2.45) is 0 Å². The molecule has 0 aliphatic rings. The highest BCUT2D eigenvalue weighted by Gasteiger charge is 2.08. The second-order valence-electron chi connectivity index (χ2n) is 2.60. The van der Waals surface area contributed by atoms with E-state index in [1.54, 1.807) is 12.3 Å². The van der Waals surface area contributed by atoms with Crippen LogP contribution in [-0.4, -0.2) is 17.2 Å². The van der Waals surface area contributed by atoms with E-state index in [-0.39, 0.29) is 12.1 Å². The summed E-state index contributed by atoms with van der Waals surface area (Å²) in [6, 6.07) is 1.75. The fraction of sp³-hybridized carbons (Fsp3) is 0.500. The number of ether oxygens (including phenoxy) is 1. The topological polar surface area (TPSA) is 52.3 Å². The number of hydrogen-bond donors (Lipinski definition) is 0. The number of carbonyl (C=O) groups is 1. The summed E-state index contributed by atoms with van der Waals surface area (Å²) in [6.07, 6.45) is 1.98. The van der Waals surface area contributed by atoms with E-state index >= 15 is 0 Å². The molecule has 0 bridgehead atoms. The average Bonchev–Trinajstić information content (AvgIpc) is 2.37. The van der Waals surface area contributed by atoms with Gasteiger partial charge in [-0.05, 0) is 6.92 Å². The van der Waals surface area contributed by atoms with Crippen molar-refractivity contribution in [1.29, 1.82) is 0 Å². The maximum Gasteiger partial charge on any atom is 0.302 e. The number of esters is 1. The van der Waals surface area contributed by atoms with Gasteiger partial charge in [0.05, 0.1) is 6.20 Å². The molecular weight excluding hydrogens is 158 g/mol. The third kappa shape index (κ3) is 2.74. The Balaban J connectivity index is 2.36. The van der Waals surface area contributed by atoms with Crippen LogP contribution >= 0.6 is 0 Å². The summed E-state index contributed by atoms with van der Waals surface area (Å²) in [5, 5.41) is 3.54. The molecule has 66 valence electrons. The molecule has 0 spiro atoms. The lowest BCUT2D eigenvalue weighted by Gasteiger charge is -2.08. The first-order valence-electron chi connectivity index (χ1n) is 3.75. The van der Waals surface area contributed by atoms with Crippen LogP contribution in [0.1, 0.15) is 19.6 Å². The van der Waals surface area contributed by atoms with E-state index < -0.39 is 0 Å². The largest absolute Gasteiger partial charge is 0.462 e. The van der Waals surface area contributed by atoms with Crippen molar-refractivity contribution in [2.75, 3.05) is 0 Å². The number of carbonyl (C=O) groups excluding carboxylic acids is 1. The Labute approximate surface area is 70.5 Å². The van der Waals surface area contributed by atoms with E-state index in [1.807, 2.05) is 6.92 Å². The Hall–Kier alpha value is -1.32. The van der Waals surface area contributed by atoms with Gasteiger partial charge in [0, 0.05) is 19.4 Å². The van der Waals surface area contributed by atoms with Crippen LogP contribution in [0.5, 0.6) is 0 Å². The van der Waals surface area contributed by atoms with Crippen LogP contribution in [0, 0.1) is 0 Å². The summed E-state index contributed by atoms with van der Waals surface area (Å²) in [7, 11) is 0. The molecule has 4 heteroatoms. The number of hydrogen-bond acceptors (Lipinski definition) is 4. The van der Waals surface area contributed by atoms with Crippen molar-refractivity contribution in [3.8, 4) is 0 Å². The van der Waals surface area contributed by atoms with Crippen LogP contribution in [0.3, 0.4) is 0 Å². The zero-order valence-electron chi connectivity index (χ0n) is 7.11. The Morgan fingerprint density at radius 1 is 1.83 bits per heavy atom. The zero-order valence-corrected chi connectivity index (χ0v) is 7.11. The SMILES string of the molecule is CC(=O)OC(C)Cc1ccno1. The molecule has 12 heavy (non-hydrogen) atoms. The van der Waals surface area contributed by atoms with Gasteiger partial charge in [-0.1, -0.05) is 5.16 Å². The molecule has 1 heterocycles. The summed E-state index contributed by atoms with van der Waals surface area (Å²) in [5.41, 5.74) is 0. The van der Waals surface area contributed by atoms with Gasteiger partial charge in [0.15, 0.2) is 0 Å². The molecule has 0 aliphatic carbocycles. The van der Waals surface area contributed by atoms with Crippen molar-refractivity contribution in [1.82, 2.24) is 5.16 Å². The van der Waals surface area contributed by atoms with Gasteiger partial charge in [-0.2, -0.15) is 0 Å². The first-order chi connectivity index (χ1) is 5.68. The Bertz CT molecular complexity index is 243. The van der Waals surface area contributed by atoms with Crippen molar-refractivity contribution >= 4 is 5.97 Å². The standard InChI is InChI=1S/C8H11NO3/c1-6(11-7(2)10)5-8-3-4-9-12-8/h3-4,6H,5H2,1-2H3. The van der Waals surface area contributed by atoms with Crippen molar-refractivity contribution in [2.45, 2.75) is 26.4 Å². The zero-order chi connectivity index (χ0) is 8.97. The molecule has 0 aromatic carbocycles. The first-order valence-corrected chi connectivity index (χ1v) is 3.75. The van der Waals surface area contributed by atoms with Crippen molar-refractivity contribution < 1.29 is 14.1 Å². The van der Waals surface area contributed by atoms with E-state index in [4.69, 9.17) is 9.26 Å². The fourth-order valence-electron chi connectivity index (χ4n) is 0.956. The minimum absolute atomic E-state index is 0.157. The quantitative estimate of drug-likeness (QED) is 0.637. The summed E-state index contributed by atoms with van der Waals surface area (Å²) in [6.45, 7) is 3.20. The molecule has 1 unspecified atom stereocenters. The van der Waals surface area contributed by atoms with Gasteiger partial charge in [-0.15, -0.1) is 0 Å². The summed E-state index contributed by atoms with van der Waals surface area (Å²) < 4.78 is 9.74. The van der Waals surface area contributed by atoms with Gasteiger partial charge in [-0.25, -0.2) is 0 Å². The fourth-order valence-corrected chi connectivity index (χ4v) is 0.956. The van der Waals surface area contributed by atoms with E-state index in [0.29, 0.717) is 6.42 Å². The van der Waals surface area contributed by atoms with Gasteiger partial charge >= 0.3 is 5.97 Å². The highest BCUT2D eigenvalue weighted by atomic mass is 16.5. The van der Waals surface area contributed by atoms with Crippen LogP contribution in [-0.2, 0) is 16.0 Å². The van der Waals surface area contributed by atoms with Gasteiger partial charge in [0.2, 0.25) is 0 Å². The minimum atomic E-state index is -0.276. The van der Waals surface area contributed by atoms with Crippen LogP contribution < -0.4 is 0 Å². The number of aromatic nitrogens is 1. The van der Waals surface area contributed by atoms with Gasteiger partial charge in [-0.3, -0.25) is 4.79 Å². The second kappa shape index (κ2) is 3.90. The molecule has 0 saturated heterocycles. The Morgan fingerprint density at radius 2 is 2.58 bits per heavy atom. The average molecular weight is 169 g/mol. The minimum Gasteiger partial charge on any atom is -0.462 e. The molecule has 4 nitrogen and oxygen atoms in total. The Kier molecular flexibility index (Phi) is 2.85. The van der Waals surface area contributed by atoms with Crippen LogP contribution in [0.4, 0.5) is 0 Å². The van der Waals surface area contributed by atoms with Crippen LogP contribution in [0.25, 0.3) is 0 Å². The smallest absolute Gasteiger partial charge is 0.302 e. The molecule has 0 radical (unpaired) electrons. The van der Waals surface area contributed by atoms with E-state index in [2.05, 4.69) is 5.16 Å². The molecule has 1 rings (SSSR count). The van der Waals surface area contributed by atoms with Crippen LogP contribution in [0.2, 0.25) is 0 Å². The molecule has 0 amide bonds. The summed E-state index contributed by atoms with van der Waals surface area (Å²) in [5.74, 6) is 0.450. The molecule has 1 aromatic rings. The lowest BCUT2D eigenvalue weighted by atomic mass is 10.2. The third-order valence-electron chi connectivity index (χ3n) is 1.35. The van der Waals surface area contributed by atoms with Crippen molar-refractivity contribution in [3.63, 3.8) is 0 Å². The highest BCUT2D eigenvalue weighted by molar-refractivity contribution is 5.66. The first kappa shape index (κ1) is 8.77. The maximum atomic E-state index is 10.5. The summed E-state index contributed by atoms with van der Waals surface area (Å²) in [4.78, 5) is 10.5. The van der Waals surface area contributed by atoms with E-state index in [0.717, 1.165) is 5.76 Å². The van der Waals surface area contributed by atoms with E-state index in [9.17, 15) is 4.79 Å². The normalized spacial score (nSPS) is 12.5. The molecule has 1 atom stereocenters. The lowest BCUT2D eigenvalue weighted by Crippen LogP contribution is -2.14. The predicted octanol–water partition coefficient (Wildman–Crippen LogP) is 1.17. The second-order valence-corrected chi connectivity index (χ2v) is 2.60. The molecule has 0 saturated carbocycles. The van der Waals surface area contributed by atoms with Gasteiger partial charge in [0.25, 0.3) is 0 Å².